The summed E-state index contributed by atoms with van der Waals surface area (Å²) in [6.45, 7) is 6.83. The van der Waals surface area contributed by atoms with Crippen molar-refractivity contribution in [2.45, 2.75) is 39.2 Å². The predicted molar refractivity (Wildman–Crippen MR) is 99.7 cm³/mol. The largest absolute Gasteiger partial charge is 0.485 e. The predicted octanol–water partition coefficient (Wildman–Crippen LogP) is 2.02. The van der Waals surface area contributed by atoms with Gasteiger partial charge in [-0.3, -0.25) is 9.59 Å². The van der Waals surface area contributed by atoms with Gasteiger partial charge in [0.25, 0.3) is 0 Å². The first-order valence-electron chi connectivity index (χ1n) is 9.78. The summed E-state index contributed by atoms with van der Waals surface area (Å²) >= 11 is 0. The first kappa shape index (κ1) is 18.1. The van der Waals surface area contributed by atoms with Crippen LogP contribution in [-0.2, 0) is 9.59 Å². The van der Waals surface area contributed by atoms with Gasteiger partial charge in [-0.25, -0.2) is 4.98 Å². The summed E-state index contributed by atoms with van der Waals surface area (Å²) < 4.78 is 6.21. The number of carboxylic acid groups (broad SMARTS) is 1. The molecule has 2 saturated heterocycles. The maximum absolute atomic E-state index is 12.8. The van der Waals surface area contributed by atoms with Gasteiger partial charge in [0.1, 0.15) is 6.10 Å². The van der Waals surface area contributed by atoms with E-state index in [0.717, 1.165) is 31.1 Å². The second-order valence-electron chi connectivity index (χ2n) is 8.45. The number of ether oxygens (including phenoxy) is 1. The lowest BCUT2D eigenvalue weighted by molar-refractivity contribution is -0.141. The van der Waals surface area contributed by atoms with Gasteiger partial charge in [-0.2, -0.15) is 0 Å². The lowest BCUT2D eigenvalue weighted by Crippen LogP contribution is -2.33. The van der Waals surface area contributed by atoms with Gasteiger partial charge >= 0.3 is 5.97 Å². The van der Waals surface area contributed by atoms with Crippen molar-refractivity contribution in [1.29, 1.82) is 0 Å². The maximum atomic E-state index is 12.8. The number of nitrogens with zero attached hydrogens (tertiary/aromatic N) is 3. The van der Waals surface area contributed by atoms with Crippen molar-refractivity contribution in [3.63, 3.8) is 0 Å². The van der Waals surface area contributed by atoms with Crippen LogP contribution in [0.25, 0.3) is 0 Å². The number of anilines is 1. The number of carboxylic acids is 1. The zero-order chi connectivity index (χ0) is 19.2. The van der Waals surface area contributed by atoms with Gasteiger partial charge in [0.15, 0.2) is 11.6 Å². The SMILES string of the molecule is CC1(C)[C@H](C(=O)O)[C@@H]1C(=O)N1CCC(Oc2cccnc2N2CCCC2)C1. The van der Waals surface area contributed by atoms with Crippen molar-refractivity contribution in [1.82, 2.24) is 9.88 Å². The van der Waals surface area contributed by atoms with Gasteiger partial charge in [0, 0.05) is 32.3 Å². The van der Waals surface area contributed by atoms with Crippen LogP contribution in [0.5, 0.6) is 5.75 Å². The molecule has 1 aromatic heterocycles. The lowest BCUT2D eigenvalue weighted by Gasteiger charge is -2.22. The molecule has 0 aromatic carbocycles. The molecule has 3 aliphatic rings. The summed E-state index contributed by atoms with van der Waals surface area (Å²) in [6, 6.07) is 3.81. The third-order valence-corrected chi connectivity index (χ3v) is 6.27. The van der Waals surface area contributed by atoms with Crippen molar-refractivity contribution in [3.05, 3.63) is 18.3 Å². The Morgan fingerprint density at radius 2 is 1.96 bits per heavy atom. The van der Waals surface area contributed by atoms with Crippen LogP contribution in [-0.4, -0.2) is 59.1 Å². The fourth-order valence-electron chi connectivity index (χ4n) is 4.60. The van der Waals surface area contributed by atoms with E-state index in [9.17, 15) is 14.7 Å². The third-order valence-electron chi connectivity index (χ3n) is 6.27. The minimum absolute atomic E-state index is 0.0514. The first-order chi connectivity index (χ1) is 12.9. The Morgan fingerprint density at radius 1 is 1.22 bits per heavy atom. The van der Waals surface area contributed by atoms with E-state index in [1.807, 2.05) is 26.0 Å². The highest BCUT2D eigenvalue weighted by Crippen LogP contribution is 2.59. The van der Waals surface area contributed by atoms with E-state index in [0.29, 0.717) is 13.1 Å². The second kappa shape index (κ2) is 6.69. The number of aliphatic carboxylic acids is 1. The Hall–Kier alpha value is -2.31. The van der Waals surface area contributed by atoms with Gasteiger partial charge in [-0.15, -0.1) is 0 Å². The minimum atomic E-state index is -0.879. The molecular formula is C20H27N3O4. The fourth-order valence-corrected chi connectivity index (χ4v) is 4.60. The Morgan fingerprint density at radius 3 is 2.63 bits per heavy atom. The molecule has 2 aliphatic heterocycles. The lowest BCUT2D eigenvalue weighted by atomic mass is 10.1. The molecule has 27 heavy (non-hydrogen) atoms. The van der Waals surface area contributed by atoms with Crippen molar-refractivity contribution < 1.29 is 19.4 Å². The number of rotatable bonds is 5. The highest BCUT2D eigenvalue weighted by Gasteiger charge is 2.66. The minimum Gasteiger partial charge on any atom is -0.485 e. The molecule has 0 radical (unpaired) electrons. The van der Waals surface area contributed by atoms with Crippen LogP contribution in [0.4, 0.5) is 5.82 Å². The number of amides is 1. The molecule has 4 rings (SSSR count). The highest BCUT2D eigenvalue weighted by molar-refractivity contribution is 5.91. The van der Waals surface area contributed by atoms with Gasteiger partial charge in [-0.05, 0) is 30.4 Å². The Labute approximate surface area is 159 Å². The molecule has 7 nitrogen and oxygen atoms in total. The molecule has 0 spiro atoms. The number of hydrogen-bond acceptors (Lipinski definition) is 5. The molecule has 1 aliphatic carbocycles. The summed E-state index contributed by atoms with van der Waals surface area (Å²) in [7, 11) is 0. The third kappa shape index (κ3) is 3.24. The van der Waals surface area contributed by atoms with Crippen LogP contribution in [0.1, 0.15) is 33.1 Å². The molecule has 7 heteroatoms. The van der Waals surface area contributed by atoms with Crippen molar-refractivity contribution in [2.75, 3.05) is 31.1 Å². The Balaban J connectivity index is 1.40. The van der Waals surface area contributed by atoms with Crippen LogP contribution in [0.15, 0.2) is 18.3 Å². The van der Waals surface area contributed by atoms with Crippen LogP contribution < -0.4 is 9.64 Å². The summed E-state index contributed by atoms with van der Waals surface area (Å²) in [6.07, 6.45) is 4.80. The molecule has 3 atom stereocenters. The van der Waals surface area contributed by atoms with Gasteiger partial charge in [0.2, 0.25) is 5.91 Å². The topological polar surface area (TPSA) is 83.0 Å². The van der Waals surface area contributed by atoms with Crippen LogP contribution in [0, 0.1) is 17.3 Å². The smallest absolute Gasteiger partial charge is 0.307 e. The molecule has 0 bridgehead atoms. The van der Waals surface area contributed by atoms with Crippen molar-refractivity contribution in [2.24, 2.45) is 17.3 Å². The second-order valence-corrected chi connectivity index (χ2v) is 8.45. The molecule has 1 unspecified atom stereocenters. The maximum Gasteiger partial charge on any atom is 0.307 e. The van der Waals surface area contributed by atoms with E-state index in [4.69, 9.17) is 4.74 Å². The van der Waals surface area contributed by atoms with E-state index in [1.165, 1.54) is 12.8 Å². The summed E-state index contributed by atoms with van der Waals surface area (Å²) in [5.41, 5.74) is -0.464. The number of carbonyl (C=O) groups is 2. The summed E-state index contributed by atoms with van der Waals surface area (Å²) in [4.78, 5) is 32.7. The van der Waals surface area contributed by atoms with Gasteiger partial charge < -0.3 is 19.6 Å². The molecule has 3 heterocycles. The number of hydrogen-bond donors (Lipinski definition) is 1. The quantitative estimate of drug-likeness (QED) is 0.850. The molecule has 1 aromatic rings. The number of likely N-dealkylation sites (tertiary alicyclic amines) is 1. The zero-order valence-electron chi connectivity index (χ0n) is 15.9. The van der Waals surface area contributed by atoms with Crippen LogP contribution in [0.3, 0.4) is 0 Å². The normalized spacial score (nSPS) is 29.0. The molecule has 1 saturated carbocycles. The molecule has 1 amide bonds. The Bertz CT molecular complexity index is 744. The molecule has 146 valence electrons. The molecular weight excluding hydrogens is 346 g/mol. The number of pyridine rings is 1. The van der Waals surface area contributed by atoms with Crippen molar-refractivity contribution >= 4 is 17.7 Å². The zero-order valence-corrected chi connectivity index (χ0v) is 15.9. The molecule has 3 fully saturated rings. The van der Waals surface area contributed by atoms with Crippen LogP contribution >= 0.6 is 0 Å². The number of carbonyl (C=O) groups excluding carboxylic acids is 1. The summed E-state index contributed by atoms with van der Waals surface area (Å²) in [5.74, 6) is -0.277. The van der Waals surface area contributed by atoms with Crippen molar-refractivity contribution in [3.8, 4) is 5.75 Å². The fraction of sp³-hybridized carbons (Fsp3) is 0.650. The van der Waals surface area contributed by atoms with E-state index in [-0.39, 0.29) is 12.0 Å². The number of aromatic nitrogens is 1. The van der Waals surface area contributed by atoms with E-state index < -0.39 is 23.2 Å². The van der Waals surface area contributed by atoms with Crippen LogP contribution in [0.2, 0.25) is 0 Å². The standard InChI is InChI=1S/C20H27N3O4/c1-20(2)15(16(20)19(25)26)18(24)23-11-7-13(12-23)27-14-6-5-8-21-17(14)22-9-3-4-10-22/h5-6,8,13,15-16H,3-4,7,9-12H2,1-2H3,(H,25,26)/t13?,15-,16+/m1/s1. The monoisotopic (exact) mass is 373 g/mol. The van der Waals surface area contributed by atoms with Gasteiger partial charge in [0.05, 0.1) is 18.4 Å². The Kier molecular flexibility index (Phi) is 4.48. The average Bonchev–Trinajstić information content (AvgIpc) is 3.08. The van der Waals surface area contributed by atoms with Gasteiger partial charge in [-0.1, -0.05) is 13.8 Å². The first-order valence-corrected chi connectivity index (χ1v) is 9.78. The van der Waals surface area contributed by atoms with E-state index in [1.54, 1.807) is 11.1 Å². The van der Waals surface area contributed by atoms with E-state index >= 15 is 0 Å². The average molecular weight is 373 g/mol. The summed E-state index contributed by atoms with van der Waals surface area (Å²) in [5, 5.41) is 9.33. The molecule has 1 N–H and O–H groups in total. The van der Waals surface area contributed by atoms with E-state index in [2.05, 4.69) is 9.88 Å². The highest BCUT2D eigenvalue weighted by atomic mass is 16.5.